The van der Waals surface area contributed by atoms with Crippen molar-refractivity contribution in [1.29, 1.82) is 0 Å². The molecule has 4 aromatic rings. The maximum atomic E-state index is 12.6. The molecule has 0 aliphatic rings. The number of hydrogen-bond donors (Lipinski definition) is 1. The molecule has 27 heavy (non-hydrogen) atoms. The van der Waals surface area contributed by atoms with Gasteiger partial charge in [-0.2, -0.15) is 0 Å². The van der Waals surface area contributed by atoms with Gasteiger partial charge in [0.25, 0.3) is 5.91 Å². The Balaban J connectivity index is 1.52. The van der Waals surface area contributed by atoms with Gasteiger partial charge in [-0.15, -0.1) is 11.3 Å². The summed E-state index contributed by atoms with van der Waals surface area (Å²) in [5.74, 6) is 0.139. The molecule has 4 rings (SSSR count). The van der Waals surface area contributed by atoms with E-state index in [9.17, 15) is 4.79 Å². The zero-order valence-electron chi connectivity index (χ0n) is 15.0. The number of amides is 1. The number of hydrogen-bond acceptors (Lipinski definition) is 4. The average Bonchev–Trinajstić information content (AvgIpc) is 3.30. The molecule has 2 aromatic carbocycles. The summed E-state index contributed by atoms with van der Waals surface area (Å²) >= 11 is 1.47. The summed E-state index contributed by atoms with van der Waals surface area (Å²) in [5.41, 5.74) is 5.01. The minimum absolute atomic E-state index is 0.197. The van der Waals surface area contributed by atoms with Crippen LogP contribution in [0.4, 0.5) is 5.88 Å². The molecule has 2 heterocycles. The van der Waals surface area contributed by atoms with Crippen molar-refractivity contribution in [2.45, 2.75) is 13.8 Å². The SMILES string of the molecule is Cc1ccc(-c2cc(NC(=O)c3cc(C)c(-c4ccccc4)s3)on2)cc1. The number of aryl methyl sites for hydroxylation is 2. The van der Waals surface area contributed by atoms with E-state index in [1.165, 1.54) is 16.9 Å². The molecule has 0 aliphatic heterocycles. The first-order chi connectivity index (χ1) is 13.1. The fraction of sp³-hybridized carbons (Fsp3) is 0.0909. The molecule has 1 amide bonds. The van der Waals surface area contributed by atoms with Crippen LogP contribution in [0.5, 0.6) is 0 Å². The van der Waals surface area contributed by atoms with Crippen molar-refractivity contribution in [2.24, 2.45) is 0 Å². The zero-order valence-corrected chi connectivity index (χ0v) is 15.8. The van der Waals surface area contributed by atoms with E-state index in [4.69, 9.17) is 4.52 Å². The fourth-order valence-electron chi connectivity index (χ4n) is 2.84. The molecule has 5 heteroatoms. The van der Waals surface area contributed by atoms with E-state index in [0.717, 1.165) is 21.6 Å². The van der Waals surface area contributed by atoms with E-state index in [-0.39, 0.29) is 5.91 Å². The topological polar surface area (TPSA) is 55.1 Å². The lowest BCUT2D eigenvalue weighted by Crippen LogP contribution is -2.09. The highest BCUT2D eigenvalue weighted by Crippen LogP contribution is 2.32. The number of carbonyl (C=O) groups excluding carboxylic acids is 1. The molecular formula is C22H18N2O2S. The minimum Gasteiger partial charge on any atom is -0.338 e. The molecule has 0 aliphatic carbocycles. The predicted octanol–water partition coefficient (Wildman–Crippen LogP) is 5.94. The van der Waals surface area contributed by atoms with Crippen molar-refractivity contribution in [3.8, 4) is 21.7 Å². The fourth-order valence-corrected chi connectivity index (χ4v) is 3.91. The van der Waals surface area contributed by atoms with E-state index in [2.05, 4.69) is 10.5 Å². The number of carbonyl (C=O) groups is 1. The van der Waals surface area contributed by atoms with E-state index in [0.29, 0.717) is 16.5 Å². The van der Waals surface area contributed by atoms with Crippen molar-refractivity contribution in [1.82, 2.24) is 5.16 Å². The van der Waals surface area contributed by atoms with Gasteiger partial charge in [0.1, 0.15) is 5.69 Å². The Kier molecular flexibility index (Phi) is 4.60. The molecule has 4 nitrogen and oxygen atoms in total. The molecule has 0 unspecified atom stereocenters. The minimum atomic E-state index is -0.197. The lowest BCUT2D eigenvalue weighted by molar-refractivity contribution is 0.102. The van der Waals surface area contributed by atoms with Crippen molar-refractivity contribution < 1.29 is 9.32 Å². The summed E-state index contributed by atoms with van der Waals surface area (Å²) in [5, 5.41) is 6.84. The largest absolute Gasteiger partial charge is 0.338 e. The van der Waals surface area contributed by atoms with Crippen LogP contribution in [0, 0.1) is 13.8 Å². The highest BCUT2D eigenvalue weighted by atomic mass is 32.1. The van der Waals surface area contributed by atoms with Gasteiger partial charge in [0.05, 0.1) is 4.88 Å². The van der Waals surface area contributed by atoms with Crippen LogP contribution >= 0.6 is 11.3 Å². The molecule has 0 bridgehead atoms. The molecule has 134 valence electrons. The predicted molar refractivity (Wildman–Crippen MR) is 109 cm³/mol. The first-order valence-electron chi connectivity index (χ1n) is 8.61. The first kappa shape index (κ1) is 17.2. The molecule has 0 spiro atoms. The summed E-state index contributed by atoms with van der Waals surface area (Å²) < 4.78 is 5.29. The Morgan fingerprint density at radius 3 is 2.44 bits per heavy atom. The van der Waals surface area contributed by atoms with Crippen LogP contribution < -0.4 is 5.32 Å². The summed E-state index contributed by atoms with van der Waals surface area (Å²) in [6.07, 6.45) is 0. The van der Waals surface area contributed by atoms with Gasteiger partial charge in [-0.3, -0.25) is 10.1 Å². The lowest BCUT2D eigenvalue weighted by atomic mass is 10.1. The second kappa shape index (κ2) is 7.21. The Hall–Kier alpha value is -3.18. The van der Waals surface area contributed by atoms with Crippen LogP contribution in [-0.2, 0) is 0 Å². The lowest BCUT2D eigenvalue weighted by Gasteiger charge is -1.98. The molecule has 0 saturated heterocycles. The third kappa shape index (κ3) is 3.68. The van der Waals surface area contributed by atoms with Crippen LogP contribution in [0.1, 0.15) is 20.8 Å². The summed E-state index contributed by atoms with van der Waals surface area (Å²) in [7, 11) is 0. The van der Waals surface area contributed by atoms with Gasteiger partial charge >= 0.3 is 0 Å². The van der Waals surface area contributed by atoms with Crippen molar-refractivity contribution >= 4 is 23.1 Å². The number of nitrogens with one attached hydrogen (secondary N) is 1. The van der Waals surface area contributed by atoms with Gasteiger partial charge in [0, 0.05) is 16.5 Å². The van der Waals surface area contributed by atoms with Crippen molar-refractivity contribution in [3.63, 3.8) is 0 Å². The third-order valence-electron chi connectivity index (χ3n) is 4.27. The van der Waals surface area contributed by atoms with Gasteiger partial charge in [-0.25, -0.2) is 0 Å². The van der Waals surface area contributed by atoms with Crippen LogP contribution in [0.25, 0.3) is 21.7 Å². The smallest absolute Gasteiger partial charge is 0.268 e. The van der Waals surface area contributed by atoms with E-state index >= 15 is 0 Å². The summed E-state index contributed by atoms with van der Waals surface area (Å²) in [6.45, 7) is 4.05. The number of nitrogens with zero attached hydrogens (tertiary/aromatic N) is 1. The molecule has 0 fully saturated rings. The second-order valence-electron chi connectivity index (χ2n) is 6.39. The Bertz CT molecular complexity index is 1080. The Morgan fingerprint density at radius 2 is 1.70 bits per heavy atom. The van der Waals surface area contributed by atoms with E-state index in [1.807, 2.05) is 74.5 Å². The average molecular weight is 374 g/mol. The molecule has 0 radical (unpaired) electrons. The van der Waals surface area contributed by atoms with E-state index < -0.39 is 0 Å². The number of anilines is 1. The molecule has 1 N–H and O–H groups in total. The number of rotatable bonds is 4. The van der Waals surface area contributed by atoms with Crippen LogP contribution in [0.2, 0.25) is 0 Å². The quantitative estimate of drug-likeness (QED) is 0.481. The maximum Gasteiger partial charge on any atom is 0.268 e. The molecule has 0 saturated carbocycles. The number of benzene rings is 2. The third-order valence-corrected chi connectivity index (χ3v) is 5.56. The standard InChI is InChI=1S/C22H18N2O2S/c1-14-8-10-16(11-9-14)18-13-20(26-24-18)23-22(25)19-12-15(2)21(27-19)17-6-4-3-5-7-17/h3-13H,1-2H3,(H,23,25). The van der Waals surface area contributed by atoms with Crippen molar-refractivity contribution in [2.75, 3.05) is 5.32 Å². The highest BCUT2D eigenvalue weighted by Gasteiger charge is 2.16. The zero-order chi connectivity index (χ0) is 18.8. The maximum absolute atomic E-state index is 12.6. The summed E-state index contributed by atoms with van der Waals surface area (Å²) in [6, 6.07) is 21.7. The van der Waals surface area contributed by atoms with Crippen molar-refractivity contribution in [3.05, 3.63) is 82.7 Å². The van der Waals surface area contributed by atoms with Gasteiger partial charge in [-0.05, 0) is 31.0 Å². The van der Waals surface area contributed by atoms with Crippen LogP contribution in [-0.4, -0.2) is 11.1 Å². The van der Waals surface area contributed by atoms with Gasteiger partial charge < -0.3 is 4.52 Å². The Morgan fingerprint density at radius 1 is 0.963 bits per heavy atom. The van der Waals surface area contributed by atoms with Gasteiger partial charge in [0.2, 0.25) is 5.88 Å². The summed E-state index contributed by atoms with van der Waals surface area (Å²) in [4.78, 5) is 14.3. The normalized spacial score (nSPS) is 10.7. The molecule has 2 aromatic heterocycles. The number of thiophene rings is 1. The molecular weight excluding hydrogens is 356 g/mol. The number of aromatic nitrogens is 1. The second-order valence-corrected chi connectivity index (χ2v) is 7.44. The van der Waals surface area contributed by atoms with Crippen LogP contribution in [0.15, 0.2) is 71.3 Å². The monoisotopic (exact) mass is 374 g/mol. The first-order valence-corrected chi connectivity index (χ1v) is 9.43. The molecule has 0 atom stereocenters. The van der Waals surface area contributed by atoms with E-state index in [1.54, 1.807) is 6.07 Å². The Labute approximate surface area is 161 Å². The van der Waals surface area contributed by atoms with Crippen LogP contribution in [0.3, 0.4) is 0 Å². The highest BCUT2D eigenvalue weighted by molar-refractivity contribution is 7.17. The van der Waals surface area contributed by atoms with Gasteiger partial charge in [0.15, 0.2) is 0 Å². The van der Waals surface area contributed by atoms with Gasteiger partial charge in [-0.1, -0.05) is 65.3 Å².